The van der Waals surface area contributed by atoms with Gasteiger partial charge in [-0.05, 0) is 67.2 Å². The van der Waals surface area contributed by atoms with Crippen molar-refractivity contribution >= 4 is 23.9 Å². The Kier molecular flexibility index (Phi) is 29.8. The molecule has 6 saturated heterocycles. The molecule has 0 spiro atoms. The van der Waals surface area contributed by atoms with Gasteiger partial charge in [-0.2, -0.15) is 0 Å². The third kappa shape index (κ3) is 18.9. The van der Waals surface area contributed by atoms with Gasteiger partial charge in [0.2, 0.25) is 0 Å². The molecule has 6 fully saturated rings. The lowest BCUT2D eigenvalue weighted by molar-refractivity contribution is -0.412. The van der Waals surface area contributed by atoms with E-state index >= 15 is 0 Å². The maximum atomic E-state index is 14.1. The summed E-state index contributed by atoms with van der Waals surface area (Å²) in [6.07, 6.45) is -29.9. The van der Waals surface area contributed by atoms with E-state index in [-0.39, 0.29) is 30.4 Å². The molecule has 506 valence electrons. The van der Waals surface area contributed by atoms with Gasteiger partial charge in [0.1, 0.15) is 73.2 Å². The Bertz CT molecular complexity index is 2220. The molecule has 6 heterocycles. The first-order valence-electron chi connectivity index (χ1n) is 31.6. The zero-order chi connectivity index (χ0) is 64.5. The lowest BCUT2D eigenvalue weighted by Crippen LogP contribution is -2.69. The Hall–Kier alpha value is -3.40. The number of allylic oxidation sites excluding steroid dienone is 2. The summed E-state index contributed by atoms with van der Waals surface area (Å²) in [7, 11) is 0. The van der Waals surface area contributed by atoms with Crippen molar-refractivity contribution < 1.29 is 131 Å². The maximum absolute atomic E-state index is 14.1. The molecule has 0 unspecified atom stereocenters. The van der Waals surface area contributed by atoms with Crippen LogP contribution in [0.1, 0.15) is 159 Å². The summed E-state index contributed by atoms with van der Waals surface area (Å²) in [5.41, 5.74) is 0.198. The fourth-order valence-electron chi connectivity index (χ4n) is 11.6. The molecule has 6 aliphatic heterocycles. The molecular formula is C61H100O27. The molecule has 27 nitrogen and oxygen atoms in total. The van der Waals surface area contributed by atoms with Gasteiger partial charge in [0.15, 0.2) is 55.9 Å². The second-order valence-electron chi connectivity index (χ2n) is 23.9. The first-order chi connectivity index (χ1) is 42.0. The number of aliphatic hydroxyl groups excluding tert-OH is 9. The Morgan fingerprint density at radius 3 is 1.72 bits per heavy atom. The first kappa shape index (κ1) is 73.6. The van der Waals surface area contributed by atoms with Crippen molar-refractivity contribution in [3.63, 3.8) is 0 Å². The Labute approximate surface area is 515 Å². The van der Waals surface area contributed by atoms with Gasteiger partial charge in [0, 0.05) is 29.9 Å². The highest BCUT2D eigenvalue weighted by Crippen LogP contribution is 2.41. The van der Waals surface area contributed by atoms with Gasteiger partial charge in [-0.1, -0.05) is 90.7 Å². The van der Waals surface area contributed by atoms with E-state index in [9.17, 15) is 65.1 Å². The lowest BCUT2D eigenvalue weighted by Gasteiger charge is -2.52. The summed E-state index contributed by atoms with van der Waals surface area (Å²) in [6.45, 7) is 11.8. The van der Waals surface area contributed by atoms with E-state index in [0.29, 0.717) is 25.7 Å². The number of esters is 4. The smallest absolute Gasteiger partial charge is 0.333 e. The van der Waals surface area contributed by atoms with E-state index in [1.807, 2.05) is 0 Å². The topological polar surface area (TPSA) is 380 Å². The summed E-state index contributed by atoms with van der Waals surface area (Å²) in [5, 5.41) is 103. The van der Waals surface area contributed by atoms with Crippen LogP contribution in [-0.2, 0) is 85.5 Å². The summed E-state index contributed by atoms with van der Waals surface area (Å²) in [5.74, 6) is -4.35. The van der Waals surface area contributed by atoms with Gasteiger partial charge in [0.05, 0.1) is 44.2 Å². The average molecular weight is 1270 g/mol. The first-order valence-corrected chi connectivity index (χ1v) is 31.6. The van der Waals surface area contributed by atoms with E-state index in [1.165, 1.54) is 32.9 Å². The van der Waals surface area contributed by atoms with Gasteiger partial charge < -0.3 is 112 Å². The molecule has 88 heavy (non-hydrogen) atoms. The molecule has 0 aromatic heterocycles. The Balaban J connectivity index is 1.54. The van der Waals surface area contributed by atoms with Crippen LogP contribution in [0.4, 0.5) is 0 Å². The van der Waals surface area contributed by atoms with Crippen LogP contribution in [0.25, 0.3) is 0 Å². The number of aliphatic hydroxyl groups is 9. The summed E-state index contributed by atoms with van der Waals surface area (Å²) >= 11 is 0. The van der Waals surface area contributed by atoms with E-state index in [2.05, 4.69) is 6.92 Å². The van der Waals surface area contributed by atoms with Crippen LogP contribution in [0.15, 0.2) is 23.3 Å². The van der Waals surface area contributed by atoms with Crippen LogP contribution < -0.4 is 0 Å². The lowest BCUT2D eigenvalue weighted by atomic mass is 9.90. The zero-order valence-electron chi connectivity index (χ0n) is 52.3. The molecule has 0 aliphatic carbocycles. The largest absolute Gasteiger partial charge is 0.454 e. The van der Waals surface area contributed by atoms with Gasteiger partial charge in [-0.3, -0.25) is 9.59 Å². The molecular weight excluding hydrogens is 1160 g/mol. The monoisotopic (exact) mass is 1260 g/mol. The fourth-order valence-corrected chi connectivity index (χ4v) is 11.6. The number of carbonyl (C=O) groups is 4. The van der Waals surface area contributed by atoms with Gasteiger partial charge in [-0.25, -0.2) is 9.59 Å². The number of rotatable bonds is 18. The van der Waals surface area contributed by atoms with Crippen molar-refractivity contribution in [3.05, 3.63) is 23.3 Å². The number of hydrogen-bond acceptors (Lipinski definition) is 27. The Morgan fingerprint density at radius 2 is 1.09 bits per heavy atom. The maximum Gasteiger partial charge on any atom is 0.333 e. The quantitative estimate of drug-likeness (QED) is 0.0409. The molecule has 27 heteroatoms. The fraction of sp³-hybridized carbons (Fsp3) is 0.869. The van der Waals surface area contributed by atoms with Crippen molar-refractivity contribution in [2.45, 2.75) is 312 Å². The predicted molar refractivity (Wildman–Crippen MR) is 304 cm³/mol. The van der Waals surface area contributed by atoms with Crippen LogP contribution in [0.3, 0.4) is 0 Å². The second-order valence-corrected chi connectivity index (χ2v) is 23.9. The van der Waals surface area contributed by atoms with Crippen molar-refractivity contribution in [1.29, 1.82) is 0 Å². The van der Waals surface area contributed by atoms with Gasteiger partial charge in [0.25, 0.3) is 0 Å². The number of carbonyl (C=O) groups excluding carboxylic acids is 4. The van der Waals surface area contributed by atoms with Crippen molar-refractivity contribution in [1.82, 2.24) is 0 Å². The van der Waals surface area contributed by atoms with Crippen LogP contribution >= 0.6 is 0 Å². The van der Waals surface area contributed by atoms with Crippen molar-refractivity contribution in [3.8, 4) is 0 Å². The van der Waals surface area contributed by atoms with Crippen LogP contribution in [-0.4, -0.2) is 243 Å². The highest BCUT2D eigenvalue weighted by atomic mass is 16.8. The van der Waals surface area contributed by atoms with Crippen LogP contribution in [0.2, 0.25) is 0 Å². The standard InChI is InChI=1S/C61H100O27/c1-10-14-20-24-35-25-21-18-16-15-17-19-22-26-40(66)81-50-41(67)32(7)36(27-62)78-59(50)85-49-44(70)38(29-64)80-61(86-51-45(71)42(68)33(8)75-58(51)77-35)53(49)88-60-54(82-39(65)23-11-2)52(47(34(9)76-60)83-55(73)30(5)12-3)87-57-46(72)48(43(69)37(28-63)79-57)84-56(74)31(6)13-4/h12-13,32-38,41-54,57-64,67-72H,10-11,14-29H2,1-9H3/b30-12+,31-13+/t32-,33+,34+,35+,36-,37-,38+,41+,42+,43-,44-,45-,46-,47-,48+,49-,50-,51+,52-,53+,54-,57+,58-,59+,60+,61-/m0/s1. The summed E-state index contributed by atoms with van der Waals surface area (Å²) in [4.78, 5) is 54.8. The molecule has 0 aromatic rings. The normalized spacial score (nSPS) is 41.4. The van der Waals surface area contributed by atoms with Gasteiger partial charge >= 0.3 is 23.9 Å². The van der Waals surface area contributed by atoms with E-state index in [0.717, 1.165) is 51.4 Å². The highest BCUT2D eigenvalue weighted by Gasteiger charge is 2.60. The minimum atomic E-state index is -2.07. The molecule has 6 aliphatic rings. The molecule has 0 amide bonds. The molecule has 9 N–H and O–H groups in total. The van der Waals surface area contributed by atoms with Crippen molar-refractivity contribution in [2.75, 3.05) is 19.8 Å². The number of hydrogen-bond donors (Lipinski definition) is 9. The third-order valence-corrected chi connectivity index (χ3v) is 17.4. The molecule has 2 bridgehead atoms. The summed E-state index contributed by atoms with van der Waals surface area (Å²) in [6, 6.07) is 0. The van der Waals surface area contributed by atoms with E-state index < -0.39 is 203 Å². The zero-order valence-corrected chi connectivity index (χ0v) is 52.3. The van der Waals surface area contributed by atoms with Crippen LogP contribution in [0.5, 0.6) is 0 Å². The highest BCUT2D eigenvalue weighted by molar-refractivity contribution is 5.88. The molecule has 26 atom stereocenters. The van der Waals surface area contributed by atoms with Crippen LogP contribution in [0, 0.1) is 5.92 Å². The van der Waals surface area contributed by atoms with Crippen molar-refractivity contribution in [2.24, 2.45) is 5.92 Å². The number of fused-ring (bicyclic) bond motifs is 4. The molecule has 6 rings (SSSR count). The minimum Gasteiger partial charge on any atom is -0.454 e. The predicted octanol–water partition coefficient (Wildman–Crippen LogP) is 1.84. The van der Waals surface area contributed by atoms with E-state index in [4.69, 9.17) is 66.3 Å². The Morgan fingerprint density at radius 1 is 0.511 bits per heavy atom. The molecule has 0 radical (unpaired) electrons. The average Bonchev–Trinajstić information content (AvgIpc) is 2.27. The number of unbranched alkanes of at least 4 members (excludes halogenated alkanes) is 2. The minimum absolute atomic E-state index is 0.0505. The second kappa shape index (κ2) is 35.6. The molecule has 0 aromatic carbocycles. The van der Waals surface area contributed by atoms with Gasteiger partial charge in [-0.15, -0.1) is 0 Å². The van der Waals surface area contributed by atoms with E-state index in [1.54, 1.807) is 34.6 Å². The third-order valence-electron chi connectivity index (χ3n) is 17.4. The SMILES string of the molecule is C/C=C(\C)C(=O)O[C@H]1[C@H](O)[C@@H](O[C@@H]2[C@H](OC(=O)CCC)[C@@H](O[C@H]3[C@@H]4O[C@H]5[C@H](O[C@H](CCCCC)CCCCCCCCCC(=O)O[C@@H]6[C@@H](O[C@H]3[C@@H](O)[C@@H](CO)O4)O[C@@H](CO)[C@H](C)[C@H]6O)O[C@H](C)[C@@H](O)[C@@H]5O)O[C@H](C)[C@@H]2OC(=O)/C(C)=C/C)O[C@@H](CO)[C@@H]1O. The number of ether oxygens (including phenoxy) is 14. The molecule has 0 saturated carbocycles. The summed E-state index contributed by atoms with van der Waals surface area (Å²) < 4.78 is 88.8.